The Kier molecular flexibility index (Phi) is 8.82. The Hall–Kier alpha value is -4.96. The first-order valence-electron chi connectivity index (χ1n) is 14.3. The van der Waals surface area contributed by atoms with E-state index in [-0.39, 0.29) is 30.9 Å². The first-order valence-corrected chi connectivity index (χ1v) is 16.2. The average Bonchev–Trinajstić information content (AvgIpc) is 3.39. The Morgan fingerprint density at radius 1 is 1.05 bits per heavy atom. The van der Waals surface area contributed by atoms with E-state index in [1.807, 2.05) is 47.0 Å². The summed E-state index contributed by atoms with van der Waals surface area (Å²) in [7, 11) is -1.67. The third-order valence-corrected chi connectivity index (χ3v) is 8.28. The number of hydrogen-bond acceptors (Lipinski definition) is 8. The van der Waals surface area contributed by atoms with Crippen LogP contribution in [-0.2, 0) is 21.4 Å². The fourth-order valence-corrected chi connectivity index (χ4v) is 6.29. The molecule has 2 aromatic carbocycles. The number of benzene rings is 2. The summed E-state index contributed by atoms with van der Waals surface area (Å²) in [6.07, 6.45) is 5.98. The van der Waals surface area contributed by atoms with Crippen LogP contribution in [0.1, 0.15) is 60.0 Å². The molecule has 228 valence electrons. The average molecular weight is 615 g/mol. The summed E-state index contributed by atoms with van der Waals surface area (Å²) in [4.78, 5) is 36.6. The predicted molar refractivity (Wildman–Crippen MR) is 168 cm³/mol. The molecule has 12 nitrogen and oxygen atoms in total. The van der Waals surface area contributed by atoms with Gasteiger partial charge in [0.1, 0.15) is 29.8 Å². The molecule has 5 rings (SSSR count). The molecule has 4 N–H and O–H groups in total. The van der Waals surface area contributed by atoms with Crippen LogP contribution in [0.2, 0.25) is 0 Å². The molecular weight excluding hydrogens is 580 g/mol. The highest BCUT2D eigenvalue weighted by atomic mass is 32.2. The summed E-state index contributed by atoms with van der Waals surface area (Å²) in [5.41, 5.74) is 9.53. The Labute approximate surface area is 255 Å². The number of anilines is 2. The van der Waals surface area contributed by atoms with Crippen LogP contribution in [0, 0.1) is 11.3 Å². The van der Waals surface area contributed by atoms with Crippen molar-refractivity contribution in [3.05, 3.63) is 71.7 Å². The number of nitriles is 1. The van der Waals surface area contributed by atoms with E-state index in [0.717, 1.165) is 55.1 Å². The summed E-state index contributed by atoms with van der Waals surface area (Å²) in [5.74, 6) is -0.551. The quantitative estimate of drug-likeness (QED) is 0.240. The monoisotopic (exact) mass is 614 g/mol. The highest BCUT2D eigenvalue weighted by molar-refractivity contribution is 7.92. The fourth-order valence-electron chi connectivity index (χ4n) is 5.73. The Bertz CT molecular complexity index is 1840. The van der Waals surface area contributed by atoms with Gasteiger partial charge in [-0.05, 0) is 47.7 Å². The molecule has 2 heterocycles. The predicted octanol–water partition coefficient (Wildman–Crippen LogP) is 4.02. The smallest absolute Gasteiger partial charge is 0.271 e. The largest absolute Gasteiger partial charge is 0.372 e. The molecule has 13 heteroatoms. The van der Waals surface area contributed by atoms with Gasteiger partial charge < -0.3 is 20.5 Å². The SMILES string of the molecule is CNc1nc(C#N)nc2c1cc(C(=O)N(CC(N)=O)Cc1ccc(-c3ccc(NS(C)(=O)=O)cc3)cc1)n2C1CCCCC1. The highest BCUT2D eigenvalue weighted by Crippen LogP contribution is 2.35. The third kappa shape index (κ3) is 6.81. The number of sulfonamides is 1. The standard InChI is InChI=1S/C31H34N8O4S/c1-34-29-25-16-26(39(24-6-4-3-5-7-24)30(25)36-28(17-32)35-29)31(41)38(19-27(33)40)18-20-8-10-21(11-9-20)22-12-14-23(15-13-22)37-44(2,42)43/h8-16,24,37H,3-7,18-19H2,1-2H3,(H2,33,40)(H,34,35,36). The van der Waals surface area contributed by atoms with E-state index in [4.69, 9.17) is 5.73 Å². The maximum Gasteiger partial charge on any atom is 0.271 e. The van der Waals surface area contributed by atoms with E-state index in [1.54, 1.807) is 25.2 Å². The van der Waals surface area contributed by atoms with Crippen molar-refractivity contribution in [2.24, 2.45) is 5.73 Å². The Balaban J connectivity index is 1.46. The zero-order valence-corrected chi connectivity index (χ0v) is 25.4. The lowest BCUT2D eigenvalue weighted by Gasteiger charge is -2.28. The van der Waals surface area contributed by atoms with Crippen molar-refractivity contribution in [3.63, 3.8) is 0 Å². The van der Waals surface area contributed by atoms with E-state index >= 15 is 0 Å². The number of nitrogens with two attached hydrogens (primary N) is 1. The van der Waals surface area contributed by atoms with Crippen molar-refractivity contribution in [1.82, 2.24) is 19.4 Å². The first kappa shape index (κ1) is 30.5. The second-order valence-electron chi connectivity index (χ2n) is 11.0. The number of rotatable bonds is 10. The molecule has 0 unspecified atom stereocenters. The summed E-state index contributed by atoms with van der Waals surface area (Å²) < 4.78 is 27.4. The molecule has 1 fully saturated rings. The molecule has 44 heavy (non-hydrogen) atoms. The maximum atomic E-state index is 14.2. The zero-order chi connectivity index (χ0) is 31.4. The van der Waals surface area contributed by atoms with Crippen molar-refractivity contribution in [1.29, 1.82) is 5.26 Å². The second-order valence-corrected chi connectivity index (χ2v) is 12.7. The van der Waals surface area contributed by atoms with Crippen molar-refractivity contribution >= 4 is 44.4 Å². The van der Waals surface area contributed by atoms with Gasteiger partial charge in [0.2, 0.25) is 21.8 Å². The van der Waals surface area contributed by atoms with Crippen LogP contribution >= 0.6 is 0 Å². The normalized spacial score (nSPS) is 13.8. The minimum atomic E-state index is -3.37. The van der Waals surface area contributed by atoms with Gasteiger partial charge in [0, 0.05) is 25.3 Å². The fraction of sp³-hybridized carbons (Fsp3) is 0.323. The van der Waals surface area contributed by atoms with Gasteiger partial charge in [-0.2, -0.15) is 5.26 Å². The molecule has 1 saturated carbocycles. The second kappa shape index (κ2) is 12.7. The lowest BCUT2D eigenvalue weighted by Crippen LogP contribution is -2.39. The minimum Gasteiger partial charge on any atom is -0.372 e. The number of aromatic nitrogens is 3. The molecule has 2 aromatic heterocycles. The highest BCUT2D eigenvalue weighted by Gasteiger charge is 2.29. The van der Waals surface area contributed by atoms with Gasteiger partial charge >= 0.3 is 0 Å². The molecule has 0 spiro atoms. The summed E-state index contributed by atoms with van der Waals surface area (Å²) >= 11 is 0. The molecule has 0 bridgehead atoms. The van der Waals surface area contributed by atoms with Crippen molar-refractivity contribution in [2.45, 2.75) is 44.7 Å². The summed E-state index contributed by atoms with van der Waals surface area (Å²) in [5, 5.41) is 13.2. The molecule has 0 radical (unpaired) electrons. The molecule has 0 saturated heterocycles. The van der Waals surface area contributed by atoms with Gasteiger partial charge in [-0.25, -0.2) is 18.4 Å². The molecule has 0 atom stereocenters. The number of hydrogen-bond donors (Lipinski definition) is 3. The van der Waals surface area contributed by atoms with Crippen LogP contribution in [0.5, 0.6) is 0 Å². The lowest BCUT2D eigenvalue weighted by atomic mass is 9.95. The molecular formula is C31H34N8O4S. The topological polar surface area (TPSA) is 176 Å². The number of carbonyl (C=O) groups is 2. The number of nitrogens with zero attached hydrogens (tertiary/aromatic N) is 5. The number of amides is 2. The number of fused-ring (bicyclic) bond motifs is 1. The lowest BCUT2D eigenvalue weighted by molar-refractivity contribution is -0.118. The van der Waals surface area contributed by atoms with E-state index in [0.29, 0.717) is 28.2 Å². The van der Waals surface area contributed by atoms with E-state index in [2.05, 4.69) is 20.0 Å². The molecule has 1 aliphatic rings. The van der Waals surface area contributed by atoms with Crippen LogP contribution in [0.15, 0.2) is 54.6 Å². The van der Waals surface area contributed by atoms with Crippen molar-refractivity contribution in [3.8, 4) is 17.2 Å². The molecule has 4 aromatic rings. The third-order valence-electron chi connectivity index (χ3n) is 7.67. The van der Waals surface area contributed by atoms with Gasteiger partial charge in [0.05, 0.1) is 11.6 Å². The summed E-state index contributed by atoms with van der Waals surface area (Å²) in [6, 6.07) is 18.3. The van der Waals surface area contributed by atoms with Gasteiger partial charge in [-0.1, -0.05) is 55.7 Å². The Morgan fingerprint density at radius 3 is 2.25 bits per heavy atom. The minimum absolute atomic E-state index is 0.00592. The van der Waals surface area contributed by atoms with Crippen LogP contribution in [-0.4, -0.2) is 59.5 Å². The van der Waals surface area contributed by atoms with Gasteiger partial charge in [-0.3, -0.25) is 14.3 Å². The van der Waals surface area contributed by atoms with Gasteiger partial charge in [-0.15, -0.1) is 0 Å². The molecule has 0 aliphatic heterocycles. The van der Waals surface area contributed by atoms with Crippen LogP contribution in [0.3, 0.4) is 0 Å². The van der Waals surface area contributed by atoms with Crippen LogP contribution in [0.4, 0.5) is 11.5 Å². The summed E-state index contributed by atoms with van der Waals surface area (Å²) in [6.45, 7) is -0.144. The van der Waals surface area contributed by atoms with Gasteiger partial charge in [0.15, 0.2) is 0 Å². The van der Waals surface area contributed by atoms with Crippen LogP contribution < -0.4 is 15.8 Å². The van der Waals surface area contributed by atoms with E-state index in [1.165, 1.54) is 4.90 Å². The number of nitrogens with one attached hydrogen (secondary N) is 2. The molecule has 2 amide bonds. The zero-order valence-electron chi connectivity index (χ0n) is 24.6. The van der Waals surface area contributed by atoms with Crippen molar-refractivity contribution < 1.29 is 18.0 Å². The van der Waals surface area contributed by atoms with E-state index in [9.17, 15) is 23.3 Å². The Morgan fingerprint density at radius 2 is 1.68 bits per heavy atom. The van der Waals surface area contributed by atoms with Crippen molar-refractivity contribution in [2.75, 3.05) is 29.9 Å². The van der Waals surface area contributed by atoms with E-state index < -0.39 is 15.9 Å². The molecule has 1 aliphatic carbocycles. The maximum absolute atomic E-state index is 14.2. The van der Waals surface area contributed by atoms with Crippen LogP contribution in [0.25, 0.3) is 22.2 Å². The van der Waals surface area contributed by atoms with Gasteiger partial charge in [0.25, 0.3) is 5.91 Å². The number of carbonyl (C=O) groups excluding carboxylic acids is 2. The number of primary amides is 1. The first-order chi connectivity index (χ1) is 21.1.